The van der Waals surface area contributed by atoms with Crippen LogP contribution in [0, 0.1) is 13.8 Å². The second-order valence-electron chi connectivity index (χ2n) is 6.16. The number of aryl methyl sites for hydroxylation is 2. The Bertz CT molecular complexity index is 978. The van der Waals surface area contributed by atoms with Crippen molar-refractivity contribution < 1.29 is 4.79 Å². The van der Waals surface area contributed by atoms with Crippen LogP contribution in [0.1, 0.15) is 32.6 Å². The molecule has 0 spiro atoms. The van der Waals surface area contributed by atoms with Crippen molar-refractivity contribution in [3.8, 4) is 0 Å². The molecule has 4 heteroatoms. The molecule has 0 radical (unpaired) electrons. The molecular weight excluding hydrogens is 388 g/mol. The average Bonchev–Trinajstić information content (AvgIpc) is 2.62. The van der Waals surface area contributed by atoms with Gasteiger partial charge in [0.05, 0.1) is 5.56 Å². The fourth-order valence-electron chi connectivity index (χ4n) is 2.79. The molecule has 0 atom stereocenters. The van der Waals surface area contributed by atoms with Gasteiger partial charge in [0.15, 0.2) is 0 Å². The van der Waals surface area contributed by atoms with Crippen LogP contribution in [-0.4, -0.2) is 10.9 Å². The standard InChI is InChI=1S/C22H19BrN2O/c1-14-10-11-24-13-21(14)22(26)25-19-8-9-20(15(2)12-19)16(3)17-4-6-18(23)7-5-17/h4-13H,3H2,1-2H3,(H,25,26). The molecule has 0 aliphatic carbocycles. The summed E-state index contributed by atoms with van der Waals surface area (Å²) >= 11 is 3.45. The SMILES string of the molecule is C=C(c1ccc(Br)cc1)c1ccc(NC(=O)c2cnccc2C)cc1C. The largest absolute Gasteiger partial charge is 0.322 e. The molecular formula is C22H19BrN2O. The molecule has 3 rings (SSSR count). The van der Waals surface area contributed by atoms with Crippen molar-refractivity contribution in [1.82, 2.24) is 4.98 Å². The fraction of sp³-hybridized carbons (Fsp3) is 0.0909. The van der Waals surface area contributed by atoms with Crippen LogP contribution in [0.4, 0.5) is 5.69 Å². The Kier molecular flexibility index (Phi) is 5.33. The Balaban J connectivity index is 1.81. The highest BCUT2D eigenvalue weighted by atomic mass is 79.9. The third-order valence-electron chi connectivity index (χ3n) is 4.29. The summed E-state index contributed by atoms with van der Waals surface area (Å²) in [4.78, 5) is 16.5. The van der Waals surface area contributed by atoms with Crippen LogP contribution in [0.3, 0.4) is 0 Å². The number of pyridine rings is 1. The van der Waals surface area contributed by atoms with Crippen molar-refractivity contribution in [2.24, 2.45) is 0 Å². The number of carbonyl (C=O) groups is 1. The maximum absolute atomic E-state index is 12.4. The molecule has 1 aromatic heterocycles. The first-order chi connectivity index (χ1) is 12.5. The van der Waals surface area contributed by atoms with Crippen molar-refractivity contribution in [2.75, 3.05) is 5.32 Å². The molecule has 0 aliphatic heterocycles. The maximum atomic E-state index is 12.4. The smallest absolute Gasteiger partial charge is 0.257 e. The highest BCUT2D eigenvalue weighted by Crippen LogP contribution is 2.27. The summed E-state index contributed by atoms with van der Waals surface area (Å²) in [6.07, 6.45) is 3.26. The summed E-state index contributed by atoms with van der Waals surface area (Å²) in [5.41, 5.74) is 6.36. The molecule has 3 aromatic rings. The van der Waals surface area contributed by atoms with Gasteiger partial charge in [-0.1, -0.05) is 40.7 Å². The maximum Gasteiger partial charge on any atom is 0.257 e. The second-order valence-corrected chi connectivity index (χ2v) is 7.08. The molecule has 0 saturated heterocycles. The Morgan fingerprint density at radius 2 is 1.73 bits per heavy atom. The van der Waals surface area contributed by atoms with Crippen molar-refractivity contribution in [3.05, 3.63) is 99.8 Å². The normalized spacial score (nSPS) is 10.4. The van der Waals surface area contributed by atoms with Crippen molar-refractivity contribution in [2.45, 2.75) is 13.8 Å². The molecule has 0 bridgehead atoms. The predicted molar refractivity (Wildman–Crippen MR) is 110 cm³/mol. The molecule has 1 heterocycles. The molecule has 0 aliphatic rings. The lowest BCUT2D eigenvalue weighted by Crippen LogP contribution is -2.13. The van der Waals surface area contributed by atoms with E-state index in [1.54, 1.807) is 12.4 Å². The zero-order valence-corrected chi connectivity index (χ0v) is 16.3. The van der Waals surface area contributed by atoms with E-state index in [-0.39, 0.29) is 5.91 Å². The number of nitrogens with zero attached hydrogens (tertiary/aromatic N) is 1. The Morgan fingerprint density at radius 3 is 2.38 bits per heavy atom. The molecule has 2 aromatic carbocycles. The van der Waals surface area contributed by atoms with E-state index in [0.29, 0.717) is 5.56 Å². The lowest BCUT2D eigenvalue weighted by atomic mass is 9.95. The van der Waals surface area contributed by atoms with E-state index in [0.717, 1.165) is 38.0 Å². The summed E-state index contributed by atoms with van der Waals surface area (Å²) in [7, 11) is 0. The molecule has 26 heavy (non-hydrogen) atoms. The lowest BCUT2D eigenvalue weighted by molar-refractivity contribution is 0.102. The molecule has 0 unspecified atom stereocenters. The van der Waals surface area contributed by atoms with Gasteiger partial charge >= 0.3 is 0 Å². The van der Waals surface area contributed by atoms with Gasteiger partial charge in [0.2, 0.25) is 0 Å². The van der Waals surface area contributed by atoms with Gasteiger partial charge in [-0.05, 0) is 72.0 Å². The first kappa shape index (κ1) is 18.1. The van der Waals surface area contributed by atoms with Crippen LogP contribution in [0.2, 0.25) is 0 Å². The minimum atomic E-state index is -0.158. The number of hydrogen-bond acceptors (Lipinski definition) is 2. The van der Waals surface area contributed by atoms with Gasteiger partial charge in [-0.3, -0.25) is 9.78 Å². The van der Waals surface area contributed by atoms with Crippen LogP contribution in [0.15, 0.2) is 72.0 Å². The zero-order chi connectivity index (χ0) is 18.7. The van der Waals surface area contributed by atoms with Gasteiger partial charge in [-0.15, -0.1) is 0 Å². The Morgan fingerprint density at radius 1 is 1.00 bits per heavy atom. The lowest BCUT2D eigenvalue weighted by Gasteiger charge is -2.13. The van der Waals surface area contributed by atoms with E-state index in [2.05, 4.69) is 32.8 Å². The van der Waals surface area contributed by atoms with E-state index in [1.807, 2.05) is 62.4 Å². The zero-order valence-electron chi connectivity index (χ0n) is 14.7. The van der Waals surface area contributed by atoms with E-state index < -0.39 is 0 Å². The van der Waals surface area contributed by atoms with E-state index in [4.69, 9.17) is 0 Å². The minimum Gasteiger partial charge on any atom is -0.322 e. The fourth-order valence-corrected chi connectivity index (χ4v) is 3.05. The van der Waals surface area contributed by atoms with Crippen LogP contribution >= 0.6 is 15.9 Å². The quantitative estimate of drug-likeness (QED) is 0.596. The summed E-state index contributed by atoms with van der Waals surface area (Å²) in [5.74, 6) is -0.158. The number of hydrogen-bond donors (Lipinski definition) is 1. The van der Waals surface area contributed by atoms with Crippen LogP contribution in [0.25, 0.3) is 5.57 Å². The van der Waals surface area contributed by atoms with E-state index in [1.165, 1.54) is 0 Å². The molecule has 3 nitrogen and oxygen atoms in total. The number of amides is 1. The number of aromatic nitrogens is 1. The number of nitrogens with one attached hydrogen (secondary N) is 1. The van der Waals surface area contributed by atoms with Crippen LogP contribution in [-0.2, 0) is 0 Å². The number of carbonyl (C=O) groups excluding carboxylic acids is 1. The summed E-state index contributed by atoms with van der Waals surface area (Å²) in [5, 5.41) is 2.94. The molecule has 1 amide bonds. The first-order valence-electron chi connectivity index (χ1n) is 8.23. The van der Waals surface area contributed by atoms with Crippen molar-refractivity contribution in [1.29, 1.82) is 0 Å². The van der Waals surface area contributed by atoms with Crippen LogP contribution < -0.4 is 5.32 Å². The number of rotatable bonds is 4. The van der Waals surface area contributed by atoms with E-state index >= 15 is 0 Å². The highest BCUT2D eigenvalue weighted by molar-refractivity contribution is 9.10. The summed E-state index contributed by atoms with van der Waals surface area (Å²) in [6.45, 7) is 8.14. The third-order valence-corrected chi connectivity index (χ3v) is 4.81. The first-order valence-corrected chi connectivity index (χ1v) is 9.03. The molecule has 1 N–H and O–H groups in total. The van der Waals surface area contributed by atoms with Crippen molar-refractivity contribution in [3.63, 3.8) is 0 Å². The van der Waals surface area contributed by atoms with Gasteiger partial charge in [0, 0.05) is 22.6 Å². The predicted octanol–water partition coefficient (Wildman–Crippen LogP) is 5.77. The number of benzene rings is 2. The highest BCUT2D eigenvalue weighted by Gasteiger charge is 2.11. The monoisotopic (exact) mass is 406 g/mol. The second kappa shape index (κ2) is 7.67. The van der Waals surface area contributed by atoms with Gasteiger partial charge in [-0.25, -0.2) is 0 Å². The van der Waals surface area contributed by atoms with Gasteiger partial charge in [-0.2, -0.15) is 0 Å². The topological polar surface area (TPSA) is 42.0 Å². The average molecular weight is 407 g/mol. The molecule has 130 valence electrons. The van der Waals surface area contributed by atoms with Gasteiger partial charge in [0.25, 0.3) is 5.91 Å². The Hall–Kier alpha value is -2.72. The van der Waals surface area contributed by atoms with E-state index in [9.17, 15) is 4.79 Å². The molecule has 0 saturated carbocycles. The van der Waals surface area contributed by atoms with Crippen molar-refractivity contribution >= 4 is 33.1 Å². The Labute approximate surface area is 161 Å². The van der Waals surface area contributed by atoms with Gasteiger partial charge < -0.3 is 5.32 Å². The van der Waals surface area contributed by atoms with Gasteiger partial charge in [0.1, 0.15) is 0 Å². The number of halogens is 1. The minimum absolute atomic E-state index is 0.158. The summed E-state index contributed by atoms with van der Waals surface area (Å²) in [6, 6.07) is 15.7. The third kappa shape index (κ3) is 3.92. The summed E-state index contributed by atoms with van der Waals surface area (Å²) < 4.78 is 1.04. The molecule has 0 fully saturated rings. The van der Waals surface area contributed by atoms with Crippen LogP contribution in [0.5, 0.6) is 0 Å². The number of anilines is 1.